The summed E-state index contributed by atoms with van der Waals surface area (Å²) in [5.74, 6) is -1.36. The van der Waals surface area contributed by atoms with E-state index in [4.69, 9.17) is 5.11 Å². The number of hydrogen-bond acceptors (Lipinski definition) is 5. The van der Waals surface area contributed by atoms with Crippen LogP contribution in [-0.4, -0.2) is 30.0 Å². The Hall–Kier alpha value is -2.00. The van der Waals surface area contributed by atoms with E-state index >= 15 is 0 Å². The van der Waals surface area contributed by atoms with Gasteiger partial charge in [0.2, 0.25) is 10.0 Å². The molecule has 0 radical (unpaired) electrons. The molecule has 1 aromatic rings. The lowest BCUT2D eigenvalue weighted by Gasteiger charge is -2.21. The van der Waals surface area contributed by atoms with E-state index in [1.165, 1.54) is 32.9 Å². The maximum Gasteiger partial charge on any atom is 0.324 e. The molecule has 0 atom stereocenters. The molecule has 0 aromatic heterocycles. The molecular formula is C11H14N2O6S. The van der Waals surface area contributed by atoms with Crippen molar-refractivity contribution in [3.8, 4) is 0 Å². The molecule has 0 saturated heterocycles. The van der Waals surface area contributed by atoms with Crippen LogP contribution in [0.5, 0.6) is 0 Å². The average molecular weight is 302 g/mol. The third-order valence-electron chi connectivity index (χ3n) is 2.60. The fraction of sp³-hybridized carbons (Fsp3) is 0.364. The minimum absolute atomic E-state index is 0.282. The number of carbonyl (C=O) groups is 1. The molecule has 8 nitrogen and oxygen atoms in total. The van der Waals surface area contributed by atoms with E-state index in [-0.39, 0.29) is 16.1 Å². The number of carboxylic acid groups (broad SMARTS) is 1. The number of benzene rings is 1. The van der Waals surface area contributed by atoms with Crippen LogP contribution in [0.1, 0.15) is 19.4 Å². The van der Waals surface area contributed by atoms with Crippen LogP contribution in [0.2, 0.25) is 0 Å². The standard InChI is InChI=1S/C11H14N2O6S/c1-7-4-5-8(13(16)17)6-9(7)20(18,19)12-11(2,3)10(14)15/h4-6,12H,1-3H3,(H,14,15). The maximum absolute atomic E-state index is 12.2. The molecule has 0 saturated carbocycles. The number of nitro groups is 1. The minimum atomic E-state index is -4.18. The van der Waals surface area contributed by atoms with Crippen molar-refractivity contribution < 1.29 is 23.2 Å². The highest BCUT2D eigenvalue weighted by molar-refractivity contribution is 7.89. The van der Waals surface area contributed by atoms with Crippen LogP contribution in [-0.2, 0) is 14.8 Å². The first-order valence-corrected chi connectivity index (χ1v) is 6.98. The summed E-state index contributed by atoms with van der Waals surface area (Å²) in [6.07, 6.45) is 0. The summed E-state index contributed by atoms with van der Waals surface area (Å²) in [4.78, 5) is 20.6. The van der Waals surface area contributed by atoms with E-state index in [1.54, 1.807) is 0 Å². The summed E-state index contributed by atoms with van der Waals surface area (Å²) in [7, 11) is -4.18. The van der Waals surface area contributed by atoms with Crippen LogP contribution < -0.4 is 4.72 Å². The summed E-state index contributed by atoms with van der Waals surface area (Å²) in [5, 5.41) is 19.6. The third kappa shape index (κ3) is 3.31. The number of non-ortho nitro benzene ring substituents is 1. The zero-order valence-corrected chi connectivity index (χ0v) is 11.9. The van der Waals surface area contributed by atoms with Gasteiger partial charge in [-0.15, -0.1) is 0 Å². The van der Waals surface area contributed by atoms with Gasteiger partial charge in [0.25, 0.3) is 5.69 Å². The second-order valence-electron chi connectivity index (χ2n) is 4.74. The number of nitrogens with zero attached hydrogens (tertiary/aromatic N) is 1. The molecule has 1 aromatic carbocycles. The number of nitro benzene ring substituents is 1. The maximum atomic E-state index is 12.2. The first-order chi connectivity index (χ1) is 8.97. The zero-order chi connectivity index (χ0) is 15.7. The van der Waals surface area contributed by atoms with E-state index in [0.717, 1.165) is 6.07 Å². The quantitative estimate of drug-likeness (QED) is 0.618. The van der Waals surface area contributed by atoms with Crippen molar-refractivity contribution in [3.05, 3.63) is 33.9 Å². The van der Waals surface area contributed by atoms with Crippen LogP contribution in [0.25, 0.3) is 0 Å². The first-order valence-electron chi connectivity index (χ1n) is 5.50. The van der Waals surface area contributed by atoms with Crippen molar-refractivity contribution >= 4 is 21.7 Å². The Labute approximate surface area is 115 Å². The Bertz CT molecular complexity index is 665. The molecule has 0 heterocycles. The van der Waals surface area contributed by atoms with Gasteiger partial charge in [-0.1, -0.05) is 6.07 Å². The van der Waals surface area contributed by atoms with Gasteiger partial charge in [-0.25, -0.2) is 8.42 Å². The smallest absolute Gasteiger partial charge is 0.324 e. The van der Waals surface area contributed by atoms with Crippen LogP contribution in [0, 0.1) is 17.0 Å². The number of nitrogens with one attached hydrogen (secondary N) is 1. The van der Waals surface area contributed by atoms with Gasteiger partial charge < -0.3 is 5.11 Å². The van der Waals surface area contributed by atoms with Crippen molar-refractivity contribution in [2.75, 3.05) is 0 Å². The molecule has 0 unspecified atom stereocenters. The lowest BCUT2D eigenvalue weighted by Crippen LogP contribution is -2.49. The van der Waals surface area contributed by atoms with E-state index in [9.17, 15) is 23.3 Å². The Balaban J connectivity index is 3.32. The SMILES string of the molecule is Cc1ccc([N+](=O)[O-])cc1S(=O)(=O)NC(C)(C)C(=O)O. The second-order valence-corrected chi connectivity index (χ2v) is 6.39. The Morgan fingerprint density at radius 3 is 2.40 bits per heavy atom. The molecule has 0 aliphatic heterocycles. The van der Waals surface area contributed by atoms with Crippen molar-refractivity contribution in [2.45, 2.75) is 31.2 Å². The third-order valence-corrected chi connectivity index (χ3v) is 4.39. The number of rotatable bonds is 5. The minimum Gasteiger partial charge on any atom is -0.480 e. The highest BCUT2D eigenvalue weighted by Crippen LogP contribution is 2.22. The van der Waals surface area contributed by atoms with E-state index in [2.05, 4.69) is 0 Å². The van der Waals surface area contributed by atoms with E-state index in [0.29, 0.717) is 0 Å². The second kappa shape index (κ2) is 5.17. The summed E-state index contributed by atoms with van der Waals surface area (Å²) in [6, 6.07) is 3.37. The van der Waals surface area contributed by atoms with Crippen molar-refractivity contribution in [2.24, 2.45) is 0 Å². The predicted molar refractivity (Wildman–Crippen MR) is 69.9 cm³/mol. The van der Waals surface area contributed by atoms with Crippen LogP contribution in [0.4, 0.5) is 5.69 Å². The molecule has 0 fully saturated rings. The normalized spacial score (nSPS) is 12.2. The molecule has 2 N–H and O–H groups in total. The lowest BCUT2D eigenvalue weighted by molar-refractivity contribution is -0.385. The van der Waals surface area contributed by atoms with Gasteiger partial charge in [-0.3, -0.25) is 14.9 Å². The highest BCUT2D eigenvalue weighted by Gasteiger charge is 2.34. The molecule has 0 aliphatic carbocycles. The van der Waals surface area contributed by atoms with Gasteiger partial charge in [0, 0.05) is 12.1 Å². The Morgan fingerprint density at radius 1 is 1.40 bits per heavy atom. The van der Waals surface area contributed by atoms with Crippen molar-refractivity contribution in [1.82, 2.24) is 4.72 Å². The molecular weight excluding hydrogens is 288 g/mol. The fourth-order valence-corrected chi connectivity index (χ4v) is 3.06. The lowest BCUT2D eigenvalue weighted by atomic mass is 10.1. The first kappa shape index (κ1) is 16.1. The fourth-order valence-electron chi connectivity index (χ4n) is 1.43. The monoisotopic (exact) mass is 302 g/mol. The molecule has 0 spiro atoms. The summed E-state index contributed by atoms with van der Waals surface area (Å²) in [5.41, 5.74) is -1.83. The highest BCUT2D eigenvalue weighted by atomic mass is 32.2. The topological polar surface area (TPSA) is 127 Å². The van der Waals surface area contributed by atoms with Crippen LogP contribution >= 0.6 is 0 Å². The van der Waals surface area contributed by atoms with E-state index < -0.39 is 26.5 Å². The van der Waals surface area contributed by atoms with Gasteiger partial charge in [0.1, 0.15) is 5.54 Å². The molecule has 20 heavy (non-hydrogen) atoms. The summed E-state index contributed by atoms with van der Waals surface area (Å²) in [6.45, 7) is 3.82. The predicted octanol–water partition coefficient (Wildman–Crippen LogP) is 1.04. The Morgan fingerprint density at radius 2 is 1.95 bits per heavy atom. The number of sulfonamides is 1. The van der Waals surface area contributed by atoms with Crippen molar-refractivity contribution in [3.63, 3.8) is 0 Å². The van der Waals surface area contributed by atoms with Gasteiger partial charge >= 0.3 is 5.97 Å². The number of aryl methyl sites for hydroxylation is 1. The summed E-state index contributed by atoms with van der Waals surface area (Å²) >= 11 is 0. The Kier molecular flexibility index (Phi) is 4.15. The van der Waals surface area contributed by atoms with E-state index in [1.807, 2.05) is 4.72 Å². The summed E-state index contributed by atoms with van der Waals surface area (Å²) < 4.78 is 26.3. The van der Waals surface area contributed by atoms with Crippen LogP contribution in [0.3, 0.4) is 0 Å². The molecule has 1 rings (SSSR count). The molecule has 0 aliphatic rings. The van der Waals surface area contributed by atoms with Gasteiger partial charge in [0.05, 0.1) is 9.82 Å². The number of carboxylic acids is 1. The molecule has 9 heteroatoms. The van der Waals surface area contributed by atoms with Crippen LogP contribution in [0.15, 0.2) is 23.1 Å². The molecule has 0 bridgehead atoms. The number of aliphatic carboxylic acids is 1. The largest absolute Gasteiger partial charge is 0.480 e. The molecule has 0 amide bonds. The van der Waals surface area contributed by atoms with Gasteiger partial charge in [-0.05, 0) is 26.3 Å². The van der Waals surface area contributed by atoms with Gasteiger partial charge in [0.15, 0.2) is 0 Å². The molecule has 110 valence electrons. The van der Waals surface area contributed by atoms with Gasteiger partial charge in [-0.2, -0.15) is 4.72 Å². The van der Waals surface area contributed by atoms with Crippen molar-refractivity contribution in [1.29, 1.82) is 0 Å². The average Bonchev–Trinajstić information content (AvgIpc) is 2.27. The number of hydrogen-bond donors (Lipinski definition) is 2. The zero-order valence-electron chi connectivity index (χ0n) is 11.1.